The number of ketones is 1. The van der Waals surface area contributed by atoms with Crippen molar-refractivity contribution >= 4 is 21.7 Å². The van der Waals surface area contributed by atoms with E-state index >= 15 is 0 Å². The highest BCUT2D eigenvalue weighted by atomic mass is 79.9. The summed E-state index contributed by atoms with van der Waals surface area (Å²) in [4.78, 5) is 13.3. The Balaban J connectivity index is 2.02. The normalized spacial score (nSPS) is 15.1. The minimum atomic E-state index is 0.248. The second kappa shape index (κ2) is 4.83. The predicted molar refractivity (Wildman–Crippen MR) is 67.9 cm³/mol. The zero-order valence-electron chi connectivity index (χ0n) is 9.24. The fraction of sp³-hybridized carbons (Fsp3) is 0.308. The number of rotatable bonds is 3. The van der Waals surface area contributed by atoms with E-state index < -0.39 is 0 Å². The van der Waals surface area contributed by atoms with Crippen molar-refractivity contribution in [2.24, 2.45) is 0 Å². The molecule has 0 fully saturated rings. The molecule has 2 rings (SSSR count). The van der Waals surface area contributed by atoms with Crippen LogP contribution in [0.1, 0.15) is 18.4 Å². The van der Waals surface area contributed by atoms with Gasteiger partial charge in [0.05, 0.1) is 0 Å². The molecule has 84 valence electrons. The summed E-state index contributed by atoms with van der Waals surface area (Å²) >= 11 is 3.42. The molecule has 16 heavy (non-hydrogen) atoms. The maximum atomic E-state index is 11.1. The van der Waals surface area contributed by atoms with Gasteiger partial charge in [0, 0.05) is 36.3 Å². The average molecular weight is 280 g/mol. The molecule has 0 spiro atoms. The average Bonchev–Trinajstić information content (AvgIpc) is 2.68. The van der Waals surface area contributed by atoms with E-state index in [2.05, 4.69) is 33.0 Å². The molecule has 0 aliphatic heterocycles. The first-order valence-electron chi connectivity index (χ1n) is 5.34. The van der Waals surface area contributed by atoms with Crippen LogP contribution in [0.3, 0.4) is 0 Å². The Kier molecular flexibility index (Phi) is 3.44. The molecule has 1 aromatic carbocycles. The molecule has 0 saturated carbocycles. The number of halogens is 1. The van der Waals surface area contributed by atoms with E-state index in [-0.39, 0.29) is 5.78 Å². The molecular formula is C13H14BrNO. The van der Waals surface area contributed by atoms with Gasteiger partial charge in [0.25, 0.3) is 0 Å². The Labute approximate surface area is 104 Å². The molecule has 0 atom stereocenters. The highest BCUT2D eigenvalue weighted by Crippen LogP contribution is 2.20. The molecule has 0 heterocycles. The molecule has 0 saturated heterocycles. The number of benzene rings is 1. The fourth-order valence-electron chi connectivity index (χ4n) is 1.85. The second-order valence-electron chi connectivity index (χ2n) is 4.08. The summed E-state index contributed by atoms with van der Waals surface area (Å²) in [6, 6.07) is 8.27. The highest BCUT2D eigenvalue weighted by Gasteiger charge is 2.15. The first kappa shape index (κ1) is 11.4. The molecule has 1 aliphatic carbocycles. The summed E-state index contributed by atoms with van der Waals surface area (Å²) in [6.07, 6.45) is 3.31. The molecule has 0 radical (unpaired) electrons. The predicted octanol–water partition coefficient (Wildman–Crippen LogP) is 3.13. The SMILES string of the molecule is CN(Cc1ccc(Br)cc1)C1=CC(=O)CC1. The molecule has 0 unspecified atom stereocenters. The molecule has 1 aliphatic rings. The van der Waals surface area contributed by atoms with Crippen LogP contribution in [0.4, 0.5) is 0 Å². The quantitative estimate of drug-likeness (QED) is 0.847. The largest absolute Gasteiger partial charge is 0.373 e. The Hall–Kier alpha value is -1.09. The van der Waals surface area contributed by atoms with E-state index in [0.717, 1.165) is 23.1 Å². The summed E-state index contributed by atoms with van der Waals surface area (Å²) in [7, 11) is 2.03. The summed E-state index contributed by atoms with van der Waals surface area (Å²) in [5, 5.41) is 0. The minimum Gasteiger partial charge on any atom is -0.373 e. The van der Waals surface area contributed by atoms with Gasteiger partial charge in [0.2, 0.25) is 0 Å². The monoisotopic (exact) mass is 279 g/mol. The fourth-order valence-corrected chi connectivity index (χ4v) is 2.11. The lowest BCUT2D eigenvalue weighted by molar-refractivity contribution is -0.114. The third-order valence-electron chi connectivity index (χ3n) is 2.78. The van der Waals surface area contributed by atoms with E-state index in [1.165, 1.54) is 5.56 Å². The molecule has 0 N–H and O–H groups in total. The van der Waals surface area contributed by atoms with Gasteiger partial charge in [-0.3, -0.25) is 4.79 Å². The number of nitrogens with zero attached hydrogens (tertiary/aromatic N) is 1. The molecule has 2 nitrogen and oxygen atoms in total. The van der Waals surface area contributed by atoms with Crippen LogP contribution in [0, 0.1) is 0 Å². The zero-order valence-corrected chi connectivity index (χ0v) is 10.8. The minimum absolute atomic E-state index is 0.248. The summed E-state index contributed by atoms with van der Waals surface area (Å²) in [6.45, 7) is 0.854. The molecule has 0 bridgehead atoms. The van der Waals surface area contributed by atoms with Crippen molar-refractivity contribution in [2.45, 2.75) is 19.4 Å². The number of hydrogen-bond acceptors (Lipinski definition) is 2. The molecular weight excluding hydrogens is 266 g/mol. The van der Waals surface area contributed by atoms with Gasteiger partial charge in [-0.15, -0.1) is 0 Å². The third kappa shape index (κ3) is 2.73. The first-order chi connectivity index (χ1) is 7.65. The molecule has 0 aromatic heterocycles. The summed E-state index contributed by atoms with van der Waals surface area (Å²) in [5.74, 6) is 0.248. The van der Waals surface area contributed by atoms with Crippen LogP contribution >= 0.6 is 15.9 Å². The first-order valence-corrected chi connectivity index (χ1v) is 6.13. The van der Waals surface area contributed by atoms with E-state index in [9.17, 15) is 4.79 Å². The Bertz CT molecular complexity index is 422. The molecule has 3 heteroatoms. The van der Waals surface area contributed by atoms with Crippen molar-refractivity contribution in [2.75, 3.05) is 7.05 Å². The van der Waals surface area contributed by atoms with Gasteiger partial charge in [0.1, 0.15) is 0 Å². The van der Waals surface area contributed by atoms with E-state index in [0.29, 0.717) is 6.42 Å². The van der Waals surface area contributed by atoms with Gasteiger partial charge in [-0.2, -0.15) is 0 Å². The van der Waals surface area contributed by atoms with Crippen molar-refractivity contribution in [3.8, 4) is 0 Å². The van der Waals surface area contributed by atoms with Gasteiger partial charge in [0.15, 0.2) is 5.78 Å². The van der Waals surface area contributed by atoms with Crippen molar-refractivity contribution in [3.63, 3.8) is 0 Å². The molecule has 1 aromatic rings. The number of carbonyl (C=O) groups is 1. The van der Waals surface area contributed by atoms with Crippen LogP contribution < -0.4 is 0 Å². The van der Waals surface area contributed by atoms with Gasteiger partial charge < -0.3 is 4.90 Å². The second-order valence-corrected chi connectivity index (χ2v) is 5.00. The van der Waals surface area contributed by atoms with Crippen LogP contribution in [-0.2, 0) is 11.3 Å². The Morgan fingerprint density at radius 2 is 1.94 bits per heavy atom. The Morgan fingerprint density at radius 1 is 1.25 bits per heavy atom. The maximum Gasteiger partial charge on any atom is 0.157 e. The molecule has 0 amide bonds. The summed E-state index contributed by atoms with van der Waals surface area (Å²) < 4.78 is 1.09. The van der Waals surface area contributed by atoms with Crippen molar-refractivity contribution < 1.29 is 4.79 Å². The van der Waals surface area contributed by atoms with Crippen molar-refractivity contribution in [1.29, 1.82) is 0 Å². The number of allylic oxidation sites excluding steroid dienone is 2. The highest BCUT2D eigenvalue weighted by molar-refractivity contribution is 9.10. The lowest BCUT2D eigenvalue weighted by Crippen LogP contribution is -2.15. The van der Waals surface area contributed by atoms with Gasteiger partial charge in [-0.25, -0.2) is 0 Å². The van der Waals surface area contributed by atoms with Crippen molar-refractivity contribution in [1.82, 2.24) is 4.90 Å². The lowest BCUT2D eigenvalue weighted by atomic mass is 10.2. The number of carbonyl (C=O) groups excluding carboxylic acids is 1. The van der Waals surface area contributed by atoms with Crippen LogP contribution in [0.2, 0.25) is 0 Å². The van der Waals surface area contributed by atoms with Crippen LogP contribution in [0.5, 0.6) is 0 Å². The van der Waals surface area contributed by atoms with Crippen LogP contribution in [-0.4, -0.2) is 17.7 Å². The van der Waals surface area contributed by atoms with Gasteiger partial charge in [-0.05, 0) is 24.1 Å². The van der Waals surface area contributed by atoms with E-state index in [1.807, 2.05) is 19.2 Å². The van der Waals surface area contributed by atoms with Crippen molar-refractivity contribution in [3.05, 3.63) is 46.1 Å². The van der Waals surface area contributed by atoms with E-state index in [4.69, 9.17) is 0 Å². The number of hydrogen-bond donors (Lipinski definition) is 0. The lowest BCUT2D eigenvalue weighted by Gasteiger charge is -2.20. The van der Waals surface area contributed by atoms with Gasteiger partial charge in [-0.1, -0.05) is 28.1 Å². The van der Waals surface area contributed by atoms with E-state index in [1.54, 1.807) is 6.08 Å². The standard InChI is InChI=1S/C13H14BrNO/c1-15(12-6-7-13(16)8-12)9-10-2-4-11(14)5-3-10/h2-5,8H,6-7,9H2,1H3. The van der Waals surface area contributed by atoms with Gasteiger partial charge >= 0.3 is 0 Å². The maximum absolute atomic E-state index is 11.1. The van der Waals surface area contributed by atoms with Crippen LogP contribution in [0.15, 0.2) is 40.5 Å². The topological polar surface area (TPSA) is 20.3 Å². The smallest absolute Gasteiger partial charge is 0.157 e. The van der Waals surface area contributed by atoms with Crippen LogP contribution in [0.25, 0.3) is 0 Å². The third-order valence-corrected chi connectivity index (χ3v) is 3.31. The Morgan fingerprint density at radius 3 is 2.50 bits per heavy atom. The summed E-state index contributed by atoms with van der Waals surface area (Å²) in [5.41, 5.74) is 2.40. The zero-order chi connectivity index (χ0) is 11.5.